The lowest BCUT2D eigenvalue weighted by atomic mass is 10.1. The predicted molar refractivity (Wildman–Crippen MR) is 98.6 cm³/mol. The van der Waals surface area contributed by atoms with Gasteiger partial charge in [-0.1, -0.05) is 35.3 Å². The largest absolute Gasteiger partial charge is 0.324 e. The van der Waals surface area contributed by atoms with E-state index in [9.17, 15) is 8.42 Å². The average molecular weight is 395 g/mol. The van der Waals surface area contributed by atoms with Crippen molar-refractivity contribution >= 4 is 44.9 Å². The van der Waals surface area contributed by atoms with E-state index >= 15 is 0 Å². The van der Waals surface area contributed by atoms with Crippen LogP contribution < -0.4 is 10.5 Å². The predicted octanol–water partition coefficient (Wildman–Crippen LogP) is 3.84. The van der Waals surface area contributed by atoms with Gasteiger partial charge in [-0.25, -0.2) is 23.5 Å². The molecule has 0 unspecified atom stereocenters. The highest BCUT2D eigenvalue weighted by Gasteiger charge is 2.10. The van der Waals surface area contributed by atoms with Crippen LogP contribution in [0.3, 0.4) is 0 Å². The molecule has 0 spiro atoms. The lowest BCUT2D eigenvalue weighted by Gasteiger charge is -2.09. The number of nitrogens with zero attached hydrogens (tertiary/aromatic N) is 2. The van der Waals surface area contributed by atoms with E-state index in [4.69, 9.17) is 28.3 Å². The highest BCUT2D eigenvalue weighted by atomic mass is 35.5. The average Bonchev–Trinajstić information content (AvgIpc) is 2.57. The number of hydrogen-bond donors (Lipinski definition) is 2. The molecular formula is C16H12Cl2N4O2S. The lowest BCUT2D eigenvalue weighted by Crippen LogP contribution is -2.11. The summed E-state index contributed by atoms with van der Waals surface area (Å²) in [4.78, 5) is 8.57. The van der Waals surface area contributed by atoms with E-state index < -0.39 is 10.0 Å². The van der Waals surface area contributed by atoms with Crippen molar-refractivity contribution in [3.63, 3.8) is 0 Å². The molecule has 1 aromatic heterocycles. The number of hydrogen-bond acceptors (Lipinski definition) is 5. The number of primary sulfonamides is 1. The molecule has 0 aliphatic rings. The molecule has 0 bridgehead atoms. The Morgan fingerprint density at radius 3 is 2.40 bits per heavy atom. The fraction of sp³-hybridized carbons (Fsp3) is 0. The summed E-state index contributed by atoms with van der Waals surface area (Å²) in [7, 11) is -3.73. The zero-order chi connectivity index (χ0) is 18.0. The topological polar surface area (TPSA) is 98.0 Å². The minimum absolute atomic E-state index is 0.0263. The number of anilines is 2. The molecule has 2 aromatic carbocycles. The molecule has 25 heavy (non-hydrogen) atoms. The first-order chi connectivity index (χ1) is 11.8. The summed E-state index contributed by atoms with van der Waals surface area (Å²) in [5.41, 5.74) is 1.90. The minimum Gasteiger partial charge on any atom is -0.324 e. The molecule has 0 atom stereocenters. The Morgan fingerprint density at radius 2 is 1.72 bits per heavy atom. The van der Waals surface area contributed by atoms with Crippen LogP contribution in [0, 0.1) is 0 Å². The second kappa shape index (κ2) is 6.97. The highest BCUT2D eigenvalue weighted by Crippen LogP contribution is 2.32. The summed E-state index contributed by atoms with van der Waals surface area (Å²) in [6, 6.07) is 12.9. The first-order valence-corrected chi connectivity index (χ1v) is 9.32. The minimum atomic E-state index is -3.73. The first kappa shape index (κ1) is 17.6. The van der Waals surface area contributed by atoms with Gasteiger partial charge in [0.15, 0.2) is 0 Å². The van der Waals surface area contributed by atoms with Crippen molar-refractivity contribution < 1.29 is 8.42 Å². The molecule has 0 saturated carbocycles. The Morgan fingerprint density at radius 1 is 1.00 bits per heavy atom. The highest BCUT2D eigenvalue weighted by molar-refractivity contribution is 7.89. The molecule has 0 radical (unpaired) electrons. The van der Waals surface area contributed by atoms with Crippen molar-refractivity contribution in [1.82, 2.24) is 9.97 Å². The van der Waals surface area contributed by atoms with Gasteiger partial charge in [0.2, 0.25) is 16.0 Å². The first-order valence-electron chi connectivity index (χ1n) is 7.02. The van der Waals surface area contributed by atoms with Crippen molar-refractivity contribution in [3.05, 3.63) is 64.8 Å². The van der Waals surface area contributed by atoms with Crippen molar-refractivity contribution in [3.8, 4) is 11.3 Å². The van der Waals surface area contributed by atoms with Gasteiger partial charge in [-0.3, -0.25) is 0 Å². The number of nitrogens with two attached hydrogens (primary N) is 1. The van der Waals surface area contributed by atoms with Gasteiger partial charge >= 0.3 is 0 Å². The number of aromatic nitrogens is 2. The van der Waals surface area contributed by atoms with Crippen LogP contribution >= 0.6 is 23.2 Å². The molecule has 128 valence electrons. The maximum absolute atomic E-state index is 11.3. The maximum atomic E-state index is 11.3. The third kappa shape index (κ3) is 4.08. The smallest absolute Gasteiger partial charge is 0.238 e. The quantitative estimate of drug-likeness (QED) is 0.700. The molecule has 0 aliphatic heterocycles. The third-order valence-electron chi connectivity index (χ3n) is 3.32. The van der Waals surface area contributed by atoms with Gasteiger partial charge < -0.3 is 5.32 Å². The molecule has 0 amide bonds. The Kier molecular flexibility index (Phi) is 4.91. The van der Waals surface area contributed by atoms with Gasteiger partial charge in [0.1, 0.15) is 0 Å². The van der Waals surface area contributed by atoms with E-state index in [0.717, 1.165) is 0 Å². The van der Waals surface area contributed by atoms with E-state index in [1.54, 1.807) is 42.6 Å². The van der Waals surface area contributed by atoms with E-state index in [-0.39, 0.29) is 4.90 Å². The molecule has 9 heteroatoms. The molecule has 0 saturated heterocycles. The monoisotopic (exact) mass is 394 g/mol. The molecule has 0 aliphatic carbocycles. The van der Waals surface area contributed by atoms with Crippen LogP contribution in [0.15, 0.2) is 59.6 Å². The summed E-state index contributed by atoms with van der Waals surface area (Å²) >= 11 is 12.3. The van der Waals surface area contributed by atoms with Gasteiger partial charge in [0.25, 0.3) is 0 Å². The summed E-state index contributed by atoms with van der Waals surface area (Å²) in [5, 5.41) is 8.91. The van der Waals surface area contributed by atoms with Crippen molar-refractivity contribution in [2.45, 2.75) is 4.90 Å². The Bertz CT molecular complexity index is 1020. The van der Waals surface area contributed by atoms with Crippen molar-refractivity contribution in [2.75, 3.05) is 5.32 Å². The lowest BCUT2D eigenvalue weighted by molar-refractivity contribution is 0.598. The SMILES string of the molecule is NS(=O)(=O)c1ccc(Nc2nccc(-c3cccc(Cl)c3Cl)n2)cc1. The molecule has 3 rings (SSSR count). The van der Waals surface area contributed by atoms with Crippen LogP contribution in [0.1, 0.15) is 0 Å². The molecule has 1 heterocycles. The molecular weight excluding hydrogens is 383 g/mol. The number of rotatable bonds is 4. The van der Waals surface area contributed by atoms with Crippen LogP contribution in [-0.4, -0.2) is 18.4 Å². The van der Waals surface area contributed by atoms with Crippen LogP contribution in [0.2, 0.25) is 10.0 Å². The van der Waals surface area contributed by atoms with Gasteiger partial charge in [-0.2, -0.15) is 0 Å². The van der Waals surface area contributed by atoms with E-state index in [1.165, 1.54) is 12.1 Å². The van der Waals surface area contributed by atoms with Crippen LogP contribution in [-0.2, 0) is 10.0 Å². The van der Waals surface area contributed by atoms with Gasteiger partial charge in [-0.05, 0) is 36.4 Å². The van der Waals surface area contributed by atoms with Gasteiger partial charge in [0, 0.05) is 17.4 Å². The second-order valence-electron chi connectivity index (χ2n) is 5.06. The van der Waals surface area contributed by atoms with Gasteiger partial charge in [-0.15, -0.1) is 0 Å². The van der Waals surface area contributed by atoms with Crippen LogP contribution in [0.5, 0.6) is 0 Å². The van der Waals surface area contributed by atoms with E-state index in [1.807, 2.05) is 0 Å². The Hall–Kier alpha value is -2.19. The molecule has 3 aromatic rings. The molecule has 3 N–H and O–H groups in total. The number of halogens is 2. The number of benzene rings is 2. The number of nitrogens with one attached hydrogen (secondary N) is 1. The summed E-state index contributed by atoms with van der Waals surface area (Å²) in [5.74, 6) is 0.330. The summed E-state index contributed by atoms with van der Waals surface area (Å²) < 4.78 is 22.5. The van der Waals surface area contributed by atoms with Gasteiger partial charge in [0.05, 0.1) is 20.6 Å². The fourth-order valence-electron chi connectivity index (χ4n) is 2.13. The zero-order valence-corrected chi connectivity index (χ0v) is 15.0. The standard InChI is InChI=1S/C16H12Cl2N4O2S/c17-13-3-1-2-12(15(13)18)14-8-9-20-16(22-14)21-10-4-6-11(7-5-10)25(19,23)24/h1-9H,(H2,19,23,24)(H,20,21,22). The Balaban J connectivity index is 1.88. The van der Waals surface area contributed by atoms with Crippen LogP contribution in [0.25, 0.3) is 11.3 Å². The fourth-order valence-corrected chi connectivity index (χ4v) is 3.04. The summed E-state index contributed by atoms with van der Waals surface area (Å²) in [6.45, 7) is 0. The summed E-state index contributed by atoms with van der Waals surface area (Å²) in [6.07, 6.45) is 1.58. The van der Waals surface area contributed by atoms with Crippen LogP contribution in [0.4, 0.5) is 11.6 Å². The normalized spacial score (nSPS) is 11.3. The zero-order valence-electron chi connectivity index (χ0n) is 12.6. The second-order valence-corrected chi connectivity index (χ2v) is 7.41. The van der Waals surface area contributed by atoms with E-state index in [0.29, 0.717) is 32.9 Å². The van der Waals surface area contributed by atoms with Crippen molar-refractivity contribution in [1.29, 1.82) is 0 Å². The Labute approximate surface area is 154 Å². The van der Waals surface area contributed by atoms with Crippen molar-refractivity contribution in [2.24, 2.45) is 5.14 Å². The molecule has 0 fully saturated rings. The molecule has 6 nitrogen and oxygen atoms in total. The van der Waals surface area contributed by atoms with E-state index in [2.05, 4.69) is 15.3 Å². The third-order valence-corrected chi connectivity index (χ3v) is 5.07. The maximum Gasteiger partial charge on any atom is 0.238 e. The number of sulfonamides is 1.